The zero-order valence-corrected chi connectivity index (χ0v) is 13.8. The maximum atomic E-state index is 13.7. The second-order valence-electron chi connectivity index (χ2n) is 5.24. The number of benzene rings is 2. The van der Waals surface area contributed by atoms with E-state index in [1.54, 1.807) is 12.1 Å². The number of para-hydroxylation sites is 1. The molecule has 0 saturated heterocycles. The molecular weight excluding hydrogens is 361 g/mol. The van der Waals surface area contributed by atoms with E-state index < -0.39 is 0 Å². The first-order valence-corrected chi connectivity index (χ1v) is 8.08. The molecule has 1 unspecified atom stereocenters. The molecule has 1 aliphatic heterocycles. The quantitative estimate of drug-likeness (QED) is 0.814. The predicted octanol–water partition coefficient (Wildman–Crippen LogP) is 4.24. The van der Waals surface area contributed by atoms with Gasteiger partial charge < -0.3 is 10.1 Å². The Kier molecular flexibility index (Phi) is 4.76. The Morgan fingerprint density at radius 2 is 2.13 bits per heavy atom. The van der Waals surface area contributed by atoms with E-state index in [0.717, 1.165) is 15.8 Å². The molecule has 23 heavy (non-hydrogen) atoms. The fraction of sp³-hybridized carbons (Fsp3) is 0.167. The van der Waals surface area contributed by atoms with Crippen molar-refractivity contribution < 1.29 is 13.9 Å². The molecule has 5 heteroatoms. The second-order valence-corrected chi connectivity index (χ2v) is 6.15. The summed E-state index contributed by atoms with van der Waals surface area (Å²) < 4.78 is 20.0. The number of amides is 1. The van der Waals surface area contributed by atoms with Gasteiger partial charge in [0.1, 0.15) is 11.6 Å². The summed E-state index contributed by atoms with van der Waals surface area (Å²) >= 11 is 3.29. The van der Waals surface area contributed by atoms with Crippen LogP contribution < -0.4 is 10.1 Å². The van der Waals surface area contributed by atoms with Gasteiger partial charge >= 0.3 is 0 Å². The molecule has 0 aromatic heterocycles. The minimum absolute atomic E-state index is 0.0931. The van der Waals surface area contributed by atoms with E-state index >= 15 is 0 Å². The first-order chi connectivity index (χ1) is 11.1. The summed E-state index contributed by atoms with van der Waals surface area (Å²) in [7, 11) is 0. The molecule has 0 bridgehead atoms. The van der Waals surface area contributed by atoms with Crippen LogP contribution in [0, 0.1) is 5.82 Å². The fourth-order valence-electron chi connectivity index (χ4n) is 2.52. The van der Waals surface area contributed by atoms with Crippen LogP contribution >= 0.6 is 15.9 Å². The maximum Gasteiger partial charge on any atom is 0.244 e. The van der Waals surface area contributed by atoms with Crippen molar-refractivity contribution in [1.82, 2.24) is 5.32 Å². The smallest absolute Gasteiger partial charge is 0.244 e. The average Bonchev–Trinajstić information content (AvgIpc) is 2.56. The van der Waals surface area contributed by atoms with Gasteiger partial charge in [0, 0.05) is 28.1 Å². The van der Waals surface area contributed by atoms with Crippen LogP contribution in [0.15, 0.2) is 53.0 Å². The molecule has 0 fully saturated rings. The molecule has 0 spiro atoms. The fourth-order valence-corrected chi connectivity index (χ4v) is 2.90. The second kappa shape index (κ2) is 6.96. The normalized spacial score (nSPS) is 16.7. The van der Waals surface area contributed by atoms with Crippen LogP contribution in [0.25, 0.3) is 6.08 Å². The van der Waals surface area contributed by atoms with Crippen LogP contribution in [0.3, 0.4) is 0 Å². The summed E-state index contributed by atoms with van der Waals surface area (Å²) in [6, 6.07) is 12.2. The Balaban J connectivity index is 1.71. The Hall–Kier alpha value is -2.14. The summed E-state index contributed by atoms with van der Waals surface area (Å²) in [6.07, 6.45) is 3.53. The number of rotatable bonds is 3. The van der Waals surface area contributed by atoms with E-state index in [4.69, 9.17) is 4.74 Å². The number of carbonyl (C=O) groups excluding carboxylic acids is 1. The van der Waals surface area contributed by atoms with E-state index in [0.29, 0.717) is 18.6 Å². The Bertz CT molecular complexity index is 760. The number of hydrogen-bond donors (Lipinski definition) is 1. The van der Waals surface area contributed by atoms with Gasteiger partial charge in [-0.2, -0.15) is 0 Å². The number of nitrogens with one attached hydrogen (secondary N) is 1. The molecule has 118 valence electrons. The van der Waals surface area contributed by atoms with Crippen molar-refractivity contribution >= 4 is 27.9 Å². The van der Waals surface area contributed by atoms with E-state index in [9.17, 15) is 9.18 Å². The first kappa shape index (κ1) is 15.7. The van der Waals surface area contributed by atoms with E-state index in [1.165, 1.54) is 18.2 Å². The summed E-state index contributed by atoms with van der Waals surface area (Å²) in [4.78, 5) is 12.1. The molecule has 0 saturated carbocycles. The van der Waals surface area contributed by atoms with Gasteiger partial charge in [-0.1, -0.05) is 34.1 Å². The van der Waals surface area contributed by atoms with Crippen LogP contribution in [-0.4, -0.2) is 12.5 Å². The minimum Gasteiger partial charge on any atom is -0.493 e. The van der Waals surface area contributed by atoms with Crippen LogP contribution in [0.5, 0.6) is 5.75 Å². The standard InChI is InChI=1S/C18H15BrFNO2/c19-13-6-7-15(20)12(11-13)5-8-18(22)21-16-9-10-23-17-4-2-1-3-14(16)17/h1-8,11,16H,9-10H2,(H,21,22)/b8-5+. The lowest BCUT2D eigenvalue weighted by Crippen LogP contribution is -2.30. The number of halogens is 2. The van der Waals surface area contributed by atoms with Gasteiger partial charge in [-0.05, 0) is 30.3 Å². The number of fused-ring (bicyclic) bond motifs is 1. The highest BCUT2D eigenvalue weighted by Gasteiger charge is 2.21. The third-order valence-electron chi connectivity index (χ3n) is 3.65. The molecule has 1 amide bonds. The summed E-state index contributed by atoms with van der Waals surface area (Å²) in [5.41, 5.74) is 1.33. The molecule has 0 radical (unpaired) electrons. The monoisotopic (exact) mass is 375 g/mol. The van der Waals surface area contributed by atoms with Gasteiger partial charge in [0.2, 0.25) is 5.91 Å². The maximum absolute atomic E-state index is 13.7. The largest absolute Gasteiger partial charge is 0.493 e. The lowest BCUT2D eigenvalue weighted by atomic mass is 10.0. The third kappa shape index (κ3) is 3.79. The van der Waals surface area contributed by atoms with E-state index in [1.807, 2.05) is 24.3 Å². The molecule has 1 N–H and O–H groups in total. The molecule has 1 aliphatic rings. The highest BCUT2D eigenvalue weighted by Crippen LogP contribution is 2.31. The molecule has 2 aromatic rings. The Labute approximate surface area is 142 Å². The van der Waals surface area contributed by atoms with Crippen molar-refractivity contribution in [1.29, 1.82) is 0 Å². The summed E-state index contributed by atoms with van der Waals surface area (Å²) in [5, 5.41) is 2.94. The summed E-state index contributed by atoms with van der Waals surface area (Å²) in [6.45, 7) is 0.561. The lowest BCUT2D eigenvalue weighted by molar-refractivity contribution is -0.117. The first-order valence-electron chi connectivity index (χ1n) is 7.29. The van der Waals surface area contributed by atoms with Crippen molar-refractivity contribution in [3.05, 3.63) is 70.0 Å². The van der Waals surface area contributed by atoms with Gasteiger partial charge in [0.25, 0.3) is 0 Å². The molecule has 3 rings (SSSR count). The van der Waals surface area contributed by atoms with E-state index in [2.05, 4.69) is 21.2 Å². The molecule has 1 heterocycles. The lowest BCUT2D eigenvalue weighted by Gasteiger charge is -2.26. The Morgan fingerprint density at radius 3 is 3.00 bits per heavy atom. The van der Waals surface area contributed by atoms with E-state index in [-0.39, 0.29) is 17.8 Å². The highest BCUT2D eigenvalue weighted by molar-refractivity contribution is 9.10. The van der Waals surface area contributed by atoms with Gasteiger partial charge in [-0.15, -0.1) is 0 Å². The molecule has 1 atom stereocenters. The molecule has 3 nitrogen and oxygen atoms in total. The minimum atomic E-state index is -0.367. The predicted molar refractivity (Wildman–Crippen MR) is 90.6 cm³/mol. The average molecular weight is 376 g/mol. The van der Waals surface area contributed by atoms with Crippen molar-refractivity contribution in [2.45, 2.75) is 12.5 Å². The highest BCUT2D eigenvalue weighted by atomic mass is 79.9. The van der Waals surface area contributed by atoms with Crippen LogP contribution in [0.2, 0.25) is 0 Å². The number of ether oxygens (including phenoxy) is 1. The third-order valence-corrected chi connectivity index (χ3v) is 4.14. The summed E-state index contributed by atoms with van der Waals surface area (Å²) in [5.74, 6) is 0.172. The molecular formula is C18H15BrFNO2. The molecule has 2 aromatic carbocycles. The SMILES string of the molecule is O=C(/C=C/c1cc(Br)ccc1F)NC1CCOc2ccccc21. The van der Waals surface area contributed by atoms with Crippen LogP contribution in [0.1, 0.15) is 23.6 Å². The van der Waals surface area contributed by atoms with Gasteiger partial charge in [-0.3, -0.25) is 4.79 Å². The topological polar surface area (TPSA) is 38.3 Å². The van der Waals surface area contributed by atoms with Crippen molar-refractivity contribution in [2.75, 3.05) is 6.61 Å². The number of carbonyl (C=O) groups is 1. The Morgan fingerprint density at radius 1 is 1.30 bits per heavy atom. The zero-order valence-electron chi connectivity index (χ0n) is 12.3. The molecule has 0 aliphatic carbocycles. The van der Waals surface area contributed by atoms with Crippen molar-refractivity contribution in [3.63, 3.8) is 0 Å². The van der Waals surface area contributed by atoms with Crippen LogP contribution in [0.4, 0.5) is 4.39 Å². The number of hydrogen-bond acceptors (Lipinski definition) is 2. The van der Waals surface area contributed by atoms with Crippen molar-refractivity contribution in [3.8, 4) is 5.75 Å². The zero-order chi connectivity index (χ0) is 16.2. The van der Waals surface area contributed by atoms with Crippen LogP contribution in [-0.2, 0) is 4.79 Å². The van der Waals surface area contributed by atoms with Crippen molar-refractivity contribution in [2.24, 2.45) is 0 Å². The van der Waals surface area contributed by atoms with Gasteiger partial charge in [-0.25, -0.2) is 4.39 Å². The van der Waals surface area contributed by atoms with Gasteiger partial charge in [0.15, 0.2) is 0 Å². The van der Waals surface area contributed by atoms with Gasteiger partial charge in [0.05, 0.1) is 12.6 Å².